The van der Waals surface area contributed by atoms with Gasteiger partial charge in [-0.2, -0.15) is 0 Å². The number of nitrogens with one attached hydrogen (secondary N) is 1. The molecule has 0 unspecified atom stereocenters. The van der Waals surface area contributed by atoms with Crippen molar-refractivity contribution in [1.82, 2.24) is 5.32 Å². The fraction of sp³-hybridized carbons (Fsp3) is 0.500. The maximum absolute atomic E-state index is 12.1. The molecule has 0 radical (unpaired) electrons. The zero-order valence-corrected chi connectivity index (χ0v) is 12.5. The molecule has 0 spiro atoms. The number of benzene rings is 1. The molecular weight excluding hydrogens is 268 g/mol. The van der Waals surface area contributed by atoms with E-state index in [0.717, 1.165) is 11.1 Å². The van der Waals surface area contributed by atoms with E-state index in [4.69, 9.17) is 10.5 Å². The second-order valence-corrected chi connectivity index (χ2v) is 5.65. The van der Waals surface area contributed by atoms with Crippen LogP contribution in [-0.2, 0) is 20.7 Å². The van der Waals surface area contributed by atoms with Crippen molar-refractivity contribution in [2.75, 3.05) is 13.2 Å². The van der Waals surface area contributed by atoms with Crippen LogP contribution in [0, 0.1) is 19.8 Å². The molecule has 1 saturated heterocycles. The molecule has 0 aromatic heterocycles. The first kappa shape index (κ1) is 15.5. The van der Waals surface area contributed by atoms with Gasteiger partial charge < -0.3 is 15.8 Å². The number of hydrogen-bond donors (Lipinski definition) is 2. The first-order valence-corrected chi connectivity index (χ1v) is 7.21. The SMILES string of the molecule is Cc1ccc(C[C@H](NC(=O)[C@H]2CCOC2)C(N)=O)cc1C. The van der Waals surface area contributed by atoms with Gasteiger partial charge in [-0.05, 0) is 37.0 Å². The number of carbonyl (C=O) groups is 2. The molecule has 0 aliphatic carbocycles. The summed E-state index contributed by atoms with van der Waals surface area (Å²) in [4.78, 5) is 23.7. The molecule has 1 aromatic carbocycles. The maximum atomic E-state index is 12.1. The highest BCUT2D eigenvalue weighted by molar-refractivity contribution is 5.87. The smallest absolute Gasteiger partial charge is 0.240 e. The van der Waals surface area contributed by atoms with Crippen molar-refractivity contribution in [3.8, 4) is 0 Å². The van der Waals surface area contributed by atoms with E-state index >= 15 is 0 Å². The predicted molar refractivity (Wildman–Crippen MR) is 79.7 cm³/mol. The van der Waals surface area contributed by atoms with Gasteiger partial charge in [-0.15, -0.1) is 0 Å². The lowest BCUT2D eigenvalue weighted by Crippen LogP contribution is -2.48. The highest BCUT2D eigenvalue weighted by atomic mass is 16.5. The van der Waals surface area contributed by atoms with Crippen LogP contribution in [0.5, 0.6) is 0 Å². The Labute approximate surface area is 124 Å². The lowest BCUT2D eigenvalue weighted by Gasteiger charge is -2.18. The topological polar surface area (TPSA) is 81.4 Å². The molecule has 3 N–H and O–H groups in total. The maximum Gasteiger partial charge on any atom is 0.240 e. The monoisotopic (exact) mass is 290 g/mol. The van der Waals surface area contributed by atoms with Crippen molar-refractivity contribution in [2.24, 2.45) is 11.7 Å². The number of primary amides is 1. The number of ether oxygens (including phenoxy) is 1. The first-order valence-electron chi connectivity index (χ1n) is 7.21. The molecule has 1 heterocycles. The van der Waals surface area contributed by atoms with Crippen LogP contribution >= 0.6 is 0 Å². The van der Waals surface area contributed by atoms with Crippen LogP contribution in [0.3, 0.4) is 0 Å². The second-order valence-electron chi connectivity index (χ2n) is 5.65. The van der Waals surface area contributed by atoms with Crippen molar-refractivity contribution in [3.05, 3.63) is 34.9 Å². The minimum absolute atomic E-state index is 0.153. The van der Waals surface area contributed by atoms with Crippen LogP contribution in [0.15, 0.2) is 18.2 Å². The van der Waals surface area contributed by atoms with Gasteiger partial charge >= 0.3 is 0 Å². The standard InChI is InChI=1S/C16H22N2O3/c1-10-3-4-12(7-11(10)2)8-14(15(17)19)18-16(20)13-5-6-21-9-13/h3-4,7,13-14H,5-6,8-9H2,1-2H3,(H2,17,19)(H,18,20)/t13-,14-/m0/s1. The summed E-state index contributed by atoms with van der Waals surface area (Å²) in [6, 6.07) is 5.31. The molecular formula is C16H22N2O3. The lowest BCUT2D eigenvalue weighted by molar-refractivity contribution is -0.129. The molecule has 5 heteroatoms. The van der Waals surface area contributed by atoms with E-state index in [2.05, 4.69) is 5.32 Å². The summed E-state index contributed by atoms with van der Waals surface area (Å²) in [7, 11) is 0. The molecule has 2 atom stereocenters. The Bertz CT molecular complexity index is 536. The molecule has 2 rings (SSSR count). The van der Waals surface area contributed by atoms with E-state index < -0.39 is 11.9 Å². The Morgan fingerprint density at radius 1 is 1.38 bits per heavy atom. The molecule has 21 heavy (non-hydrogen) atoms. The zero-order valence-electron chi connectivity index (χ0n) is 12.5. The predicted octanol–water partition coefficient (Wildman–Crippen LogP) is 0.853. The third-order valence-corrected chi connectivity index (χ3v) is 3.97. The van der Waals surface area contributed by atoms with E-state index in [1.807, 2.05) is 32.0 Å². The van der Waals surface area contributed by atoms with Crippen molar-refractivity contribution in [3.63, 3.8) is 0 Å². The second kappa shape index (κ2) is 6.72. The summed E-state index contributed by atoms with van der Waals surface area (Å²) in [6.07, 6.45) is 1.11. The molecule has 1 aliphatic heterocycles. The molecule has 1 aromatic rings. The zero-order chi connectivity index (χ0) is 15.4. The number of nitrogens with two attached hydrogens (primary N) is 1. The average Bonchev–Trinajstić information content (AvgIpc) is 2.96. The van der Waals surface area contributed by atoms with Gasteiger partial charge in [0.05, 0.1) is 12.5 Å². The largest absolute Gasteiger partial charge is 0.381 e. The number of hydrogen-bond acceptors (Lipinski definition) is 3. The van der Waals surface area contributed by atoms with Gasteiger partial charge in [-0.1, -0.05) is 18.2 Å². The van der Waals surface area contributed by atoms with Gasteiger partial charge in [0, 0.05) is 13.0 Å². The van der Waals surface area contributed by atoms with E-state index in [1.54, 1.807) is 0 Å². The van der Waals surface area contributed by atoms with Crippen LogP contribution < -0.4 is 11.1 Å². The Balaban J connectivity index is 2.03. The number of amides is 2. The van der Waals surface area contributed by atoms with Crippen molar-refractivity contribution in [1.29, 1.82) is 0 Å². The number of aryl methyl sites for hydroxylation is 2. The number of carbonyl (C=O) groups excluding carboxylic acids is 2. The van der Waals surface area contributed by atoms with Gasteiger partial charge in [0.25, 0.3) is 0 Å². The molecule has 0 saturated carbocycles. The minimum atomic E-state index is -0.680. The van der Waals surface area contributed by atoms with Gasteiger partial charge in [-0.3, -0.25) is 9.59 Å². The summed E-state index contributed by atoms with van der Waals surface area (Å²) in [5.41, 5.74) is 8.76. The van der Waals surface area contributed by atoms with Crippen LogP contribution in [0.25, 0.3) is 0 Å². The Kier molecular flexibility index (Phi) is 4.96. The Morgan fingerprint density at radius 2 is 2.14 bits per heavy atom. The van der Waals surface area contributed by atoms with Gasteiger partial charge in [-0.25, -0.2) is 0 Å². The van der Waals surface area contributed by atoms with Crippen LogP contribution in [0.4, 0.5) is 0 Å². The molecule has 5 nitrogen and oxygen atoms in total. The quantitative estimate of drug-likeness (QED) is 0.843. The third kappa shape index (κ3) is 4.04. The van der Waals surface area contributed by atoms with Gasteiger partial charge in [0.1, 0.15) is 6.04 Å². The summed E-state index contributed by atoms with van der Waals surface area (Å²) in [5, 5.41) is 2.75. The van der Waals surface area contributed by atoms with Crippen LogP contribution in [0.1, 0.15) is 23.1 Å². The average molecular weight is 290 g/mol. The Morgan fingerprint density at radius 3 is 2.71 bits per heavy atom. The first-order chi connectivity index (χ1) is 9.97. The molecule has 1 fully saturated rings. The lowest BCUT2D eigenvalue weighted by atomic mass is 10.00. The third-order valence-electron chi connectivity index (χ3n) is 3.97. The molecule has 2 amide bonds. The van der Waals surface area contributed by atoms with E-state index in [1.165, 1.54) is 5.56 Å². The van der Waals surface area contributed by atoms with Crippen LogP contribution in [-0.4, -0.2) is 31.1 Å². The van der Waals surface area contributed by atoms with Crippen molar-refractivity contribution >= 4 is 11.8 Å². The van der Waals surface area contributed by atoms with Crippen molar-refractivity contribution in [2.45, 2.75) is 32.7 Å². The molecule has 1 aliphatic rings. The van der Waals surface area contributed by atoms with Gasteiger partial charge in [0.15, 0.2) is 0 Å². The van der Waals surface area contributed by atoms with Gasteiger partial charge in [0.2, 0.25) is 11.8 Å². The number of rotatable bonds is 5. The summed E-state index contributed by atoms with van der Waals surface area (Å²) < 4.78 is 5.19. The van der Waals surface area contributed by atoms with E-state index in [9.17, 15) is 9.59 Å². The highest BCUT2D eigenvalue weighted by Gasteiger charge is 2.27. The summed E-state index contributed by atoms with van der Waals surface area (Å²) in [5.74, 6) is -0.841. The highest BCUT2D eigenvalue weighted by Crippen LogP contribution is 2.14. The van der Waals surface area contributed by atoms with Crippen LogP contribution in [0.2, 0.25) is 0 Å². The Hall–Kier alpha value is -1.88. The summed E-state index contributed by atoms with van der Waals surface area (Å²) in [6.45, 7) is 5.07. The van der Waals surface area contributed by atoms with E-state index in [0.29, 0.717) is 26.1 Å². The molecule has 114 valence electrons. The normalized spacial score (nSPS) is 19.2. The minimum Gasteiger partial charge on any atom is -0.381 e. The fourth-order valence-electron chi connectivity index (χ4n) is 2.42. The van der Waals surface area contributed by atoms with E-state index in [-0.39, 0.29) is 11.8 Å². The van der Waals surface area contributed by atoms with Crippen molar-refractivity contribution < 1.29 is 14.3 Å². The summed E-state index contributed by atoms with van der Waals surface area (Å²) >= 11 is 0. The molecule has 0 bridgehead atoms. The fourth-order valence-corrected chi connectivity index (χ4v) is 2.42.